The number of fused-ring (bicyclic) bond motifs is 1. The Labute approximate surface area is 105 Å². The fourth-order valence-corrected chi connectivity index (χ4v) is 2.84. The molecule has 0 fully saturated rings. The van der Waals surface area contributed by atoms with Crippen LogP contribution in [-0.4, -0.2) is 11.1 Å². The predicted molar refractivity (Wildman–Crippen MR) is 70.6 cm³/mol. The lowest BCUT2D eigenvalue weighted by molar-refractivity contribution is 0.102. The molecule has 1 aliphatic rings. The number of benzene rings is 1. The van der Waals surface area contributed by atoms with Gasteiger partial charge in [0.15, 0.2) is 5.78 Å². The van der Waals surface area contributed by atoms with E-state index in [1.165, 1.54) is 24.0 Å². The van der Waals surface area contributed by atoms with E-state index in [4.69, 9.17) is 0 Å². The van der Waals surface area contributed by atoms with Crippen molar-refractivity contribution in [2.75, 3.05) is 5.33 Å². The van der Waals surface area contributed by atoms with Crippen LogP contribution < -0.4 is 0 Å². The summed E-state index contributed by atoms with van der Waals surface area (Å²) in [5, 5.41) is 0.412. The van der Waals surface area contributed by atoms with Crippen molar-refractivity contribution in [3.63, 3.8) is 0 Å². The van der Waals surface area contributed by atoms with Gasteiger partial charge in [-0.3, -0.25) is 4.79 Å². The molecule has 0 bridgehead atoms. The smallest absolute Gasteiger partial charge is 0.173 e. The van der Waals surface area contributed by atoms with Crippen molar-refractivity contribution in [1.29, 1.82) is 0 Å². The molecule has 0 saturated heterocycles. The Bertz CT molecular complexity index is 411. The summed E-state index contributed by atoms with van der Waals surface area (Å²) in [6.45, 7) is 4.53. The third kappa shape index (κ3) is 2.08. The largest absolute Gasteiger partial charge is 0.293 e. The standard InChI is InChI=1S/C14H17BrO/c1-9-3-4-10(2)13-7-11(14(16)8-15)5-6-12(9)13/h5-7,9-10H,3-4,8H2,1-2H3. The zero-order valence-corrected chi connectivity index (χ0v) is 11.4. The van der Waals surface area contributed by atoms with Gasteiger partial charge in [0.1, 0.15) is 0 Å². The first-order chi connectivity index (χ1) is 7.63. The van der Waals surface area contributed by atoms with Gasteiger partial charge in [-0.1, -0.05) is 41.9 Å². The lowest BCUT2D eigenvalue weighted by Gasteiger charge is -2.27. The van der Waals surface area contributed by atoms with Crippen molar-refractivity contribution >= 4 is 21.7 Å². The highest BCUT2D eigenvalue weighted by Gasteiger charge is 2.22. The van der Waals surface area contributed by atoms with Crippen LogP contribution in [-0.2, 0) is 0 Å². The van der Waals surface area contributed by atoms with Gasteiger partial charge in [0.05, 0.1) is 5.33 Å². The first-order valence-corrected chi connectivity index (χ1v) is 6.98. The molecule has 0 amide bonds. The topological polar surface area (TPSA) is 17.1 Å². The van der Waals surface area contributed by atoms with Crippen LogP contribution in [0.3, 0.4) is 0 Å². The van der Waals surface area contributed by atoms with Gasteiger partial charge >= 0.3 is 0 Å². The second-order valence-corrected chi connectivity index (χ2v) is 5.34. The number of hydrogen-bond acceptors (Lipinski definition) is 1. The lowest BCUT2D eigenvalue weighted by Crippen LogP contribution is -2.12. The van der Waals surface area contributed by atoms with E-state index in [1.807, 2.05) is 6.07 Å². The molecule has 0 radical (unpaired) electrons. The molecular weight excluding hydrogens is 264 g/mol. The number of ketones is 1. The minimum absolute atomic E-state index is 0.174. The molecule has 0 N–H and O–H groups in total. The molecule has 1 aromatic rings. The number of alkyl halides is 1. The quantitative estimate of drug-likeness (QED) is 0.584. The summed E-state index contributed by atoms with van der Waals surface area (Å²) >= 11 is 3.22. The van der Waals surface area contributed by atoms with Crippen molar-refractivity contribution in [2.24, 2.45) is 0 Å². The molecule has 1 nitrogen and oxygen atoms in total. The Morgan fingerprint density at radius 2 is 1.88 bits per heavy atom. The van der Waals surface area contributed by atoms with E-state index < -0.39 is 0 Å². The average Bonchev–Trinajstić information content (AvgIpc) is 2.32. The van der Waals surface area contributed by atoms with Gasteiger partial charge in [0, 0.05) is 5.56 Å². The molecule has 2 rings (SSSR count). The predicted octanol–water partition coefficient (Wildman–Crippen LogP) is 4.27. The summed E-state index contributed by atoms with van der Waals surface area (Å²) in [5.74, 6) is 1.40. The van der Waals surface area contributed by atoms with Crippen LogP contribution in [0, 0.1) is 0 Å². The maximum atomic E-state index is 11.6. The zero-order chi connectivity index (χ0) is 11.7. The van der Waals surface area contributed by atoms with Gasteiger partial charge in [0.25, 0.3) is 0 Å². The van der Waals surface area contributed by atoms with Crippen LogP contribution in [0.25, 0.3) is 0 Å². The molecule has 0 spiro atoms. The van der Waals surface area contributed by atoms with Crippen LogP contribution in [0.1, 0.15) is 60.0 Å². The van der Waals surface area contributed by atoms with Crippen LogP contribution in [0.5, 0.6) is 0 Å². The summed E-state index contributed by atoms with van der Waals surface area (Å²) in [4.78, 5) is 11.6. The minimum Gasteiger partial charge on any atom is -0.293 e. The highest BCUT2D eigenvalue weighted by atomic mass is 79.9. The fourth-order valence-electron chi connectivity index (χ4n) is 2.51. The third-order valence-electron chi connectivity index (χ3n) is 3.62. The molecule has 2 heteroatoms. The van der Waals surface area contributed by atoms with Crippen molar-refractivity contribution in [3.8, 4) is 0 Å². The van der Waals surface area contributed by atoms with Crippen LogP contribution in [0.2, 0.25) is 0 Å². The fraction of sp³-hybridized carbons (Fsp3) is 0.500. The van der Waals surface area contributed by atoms with E-state index in [0.29, 0.717) is 17.2 Å². The van der Waals surface area contributed by atoms with Gasteiger partial charge in [-0.05, 0) is 41.9 Å². The number of carbonyl (C=O) groups is 1. The number of hydrogen-bond donors (Lipinski definition) is 0. The van der Waals surface area contributed by atoms with E-state index in [9.17, 15) is 4.79 Å². The summed E-state index contributed by atoms with van der Waals surface area (Å²) in [6.07, 6.45) is 2.50. The van der Waals surface area contributed by atoms with Crippen molar-refractivity contribution in [2.45, 2.75) is 38.5 Å². The maximum Gasteiger partial charge on any atom is 0.173 e. The second kappa shape index (κ2) is 4.70. The summed E-state index contributed by atoms with van der Waals surface area (Å²) in [6, 6.07) is 6.21. The van der Waals surface area contributed by atoms with Gasteiger partial charge in [-0.25, -0.2) is 0 Å². The van der Waals surface area contributed by atoms with Gasteiger partial charge in [-0.15, -0.1) is 0 Å². The second-order valence-electron chi connectivity index (χ2n) is 4.78. The molecule has 0 aromatic heterocycles. The summed E-state index contributed by atoms with van der Waals surface area (Å²) in [5.41, 5.74) is 3.66. The Hall–Kier alpha value is -0.630. The molecule has 0 heterocycles. The van der Waals surface area contributed by atoms with E-state index in [1.54, 1.807) is 0 Å². The molecule has 2 atom stereocenters. The van der Waals surface area contributed by atoms with Gasteiger partial charge in [0.2, 0.25) is 0 Å². The number of carbonyl (C=O) groups excluding carboxylic acids is 1. The molecule has 0 saturated carbocycles. The third-order valence-corrected chi connectivity index (χ3v) is 4.13. The highest BCUT2D eigenvalue weighted by molar-refractivity contribution is 9.09. The van der Waals surface area contributed by atoms with Crippen molar-refractivity contribution in [1.82, 2.24) is 0 Å². The Balaban J connectivity index is 2.44. The molecule has 0 aliphatic heterocycles. The lowest BCUT2D eigenvalue weighted by atomic mass is 9.77. The van der Waals surface area contributed by atoms with Crippen LogP contribution in [0.15, 0.2) is 18.2 Å². The van der Waals surface area contributed by atoms with Crippen molar-refractivity contribution in [3.05, 3.63) is 34.9 Å². The van der Waals surface area contributed by atoms with E-state index in [0.717, 1.165) is 5.56 Å². The average molecular weight is 281 g/mol. The molecular formula is C14H17BrO. The van der Waals surface area contributed by atoms with Crippen molar-refractivity contribution < 1.29 is 4.79 Å². The molecule has 1 aromatic carbocycles. The van der Waals surface area contributed by atoms with Gasteiger partial charge < -0.3 is 0 Å². The number of rotatable bonds is 2. The molecule has 1 aliphatic carbocycles. The highest BCUT2D eigenvalue weighted by Crippen LogP contribution is 2.38. The molecule has 86 valence electrons. The Morgan fingerprint density at radius 3 is 2.50 bits per heavy atom. The Morgan fingerprint density at radius 1 is 1.25 bits per heavy atom. The normalized spacial score (nSPS) is 23.9. The summed E-state index contributed by atoms with van der Waals surface area (Å²) in [7, 11) is 0. The molecule has 16 heavy (non-hydrogen) atoms. The minimum atomic E-state index is 0.174. The van der Waals surface area contributed by atoms with Crippen LogP contribution >= 0.6 is 15.9 Å². The first kappa shape index (κ1) is 11.8. The SMILES string of the molecule is CC1CCC(C)c2cc(C(=O)CBr)ccc21. The zero-order valence-electron chi connectivity index (χ0n) is 9.79. The van der Waals surface area contributed by atoms with E-state index in [2.05, 4.69) is 41.9 Å². The van der Waals surface area contributed by atoms with E-state index in [-0.39, 0.29) is 5.78 Å². The maximum absolute atomic E-state index is 11.6. The monoisotopic (exact) mass is 280 g/mol. The van der Waals surface area contributed by atoms with Crippen LogP contribution in [0.4, 0.5) is 0 Å². The Kier molecular flexibility index (Phi) is 3.48. The first-order valence-electron chi connectivity index (χ1n) is 5.86. The van der Waals surface area contributed by atoms with Gasteiger partial charge in [-0.2, -0.15) is 0 Å². The summed E-state index contributed by atoms with van der Waals surface area (Å²) < 4.78 is 0. The number of halogens is 1. The molecule has 2 unspecified atom stereocenters. The number of Topliss-reactive ketones (excluding diaryl/α,β-unsaturated/α-hetero) is 1. The van der Waals surface area contributed by atoms with E-state index >= 15 is 0 Å².